The Hall–Kier alpha value is -2.40. The van der Waals surface area contributed by atoms with Crippen LogP contribution in [0.5, 0.6) is 0 Å². The largest absolute Gasteiger partial charge is 0.503 e. The summed E-state index contributed by atoms with van der Waals surface area (Å²) in [5.41, 5.74) is 2.07. The fraction of sp³-hybridized carbons (Fsp3) is 0.200. The average Bonchev–Trinajstić information content (AvgIpc) is 2.86. The minimum Gasteiger partial charge on any atom is -0.503 e. The Labute approximate surface area is 154 Å². The molecule has 2 aromatic carbocycles. The predicted octanol–water partition coefficient (Wildman–Crippen LogP) is 3.98. The molecule has 5 heteroatoms. The van der Waals surface area contributed by atoms with Crippen molar-refractivity contribution in [2.75, 3.05) is 6.54 Å². The summed E-state index contributed by atoms with van der Waals surface area (Å²) in [5, 5.41) is 10.2. The highest BCUT2D eigenvalue weighted by molar-refractivity contribution is 9.10. The number of carbonyl (C=O) groups is 2. The van der Waals surface area contributed by atoms with Gasteiger partial charge in [0.05, 0.1) is 11.6 Å². The van der Waals surface area contributed by atoms with Crippen LogP contribution < -0.4 is 0 Å². The smallest absolute Gasteiger partial charge is 0.290 e. The lowest BCUT2D eigenvalue weighted by Gasteiger charge is -2.26. The molecule has 1 N–H and O–H groups in total. The zero-order chi connectivity index (χ0) is 18.0. The molecule has 0 saturated heterocycles. The first kappa shape index (κ1) is 17.4. The monoisotopic (exact) mass is 399 g/mol. The Bertz CT molecular complexity index is 828. The van der Waals surface area contributed by atoms with Gasteiger partial charge in [0.25, 0.3) is 5.91 Å². The van der Waals surface area contributed by atoms with Gasteiger partial charge in [0.2, 0.25) is 0 Å². The van der Waals surface area contributed by atoms with Gasteiger partial charge in [-0.05, 0) is 36.6 Å². The number of hydrogen-bond acceptors (Lipinski definition) is 3. The molecule has 1 aliphatic rings. The molecule has 3 rings (SSSR count). The van der Waals surface area contributed by atoms with Crippen molar-refractivity contribution in [2.24, 2.45) is 0 Å². The summed E-state index contributed by atoms with van der Waals surface area (Å²) in [6, 6.07) is 16.7. The van der Waals surface area contributed by atoms with Crippen LogP contribution >= 0.6 is 15.9 Å². The molecular weight excluding hydrogens is 382 g/mol. The van der Waals surface area contributed by atoms with E-state index in [1.54, 1.807) is 4.90 Å². The number of amides is 1. The second kappa shape index (κ2) is 7.23. The lowest BCUT2D eigenvalue weighted by Crippen LogP contribution is -2.32. The van der Waals surface area contributed by atoms with Crippen molar-refractivity contribution in [1.82, 2.24) is 4.90 Å². The van der Waals surface area contributed by atoms with E-state index in [2.05, 4.69) is 15.9 Å². The van der Waals surface area contributed by atoms with Crippen molar-refractivity contribution in [3.05, 3.63) is 81.5 Å². The van der Waals surface area contributed by atoms with Gasteiger partial charge in [-0.3, -0.25) is 9.59 Å². The van der Waals surface area contributed by atoms with Crippen LogP contribution in [-0.4, -0.2) is 28.2 Å². The van der Waals surface area contributed by atoms with E-state index in [1.165, 1.54) is 6.92 Å². The topological polar surface area (TPSA) is 57.6 Å². The Morgan fingerprint density at radius 3 is 2.36 bits per heavy atom. The number of rotatable bonds is 5. The summed E-state index contributed by atoms with van der Waals surface area (Å²) in [5.74, 6) is -1.22. The van der Waals surface area contributed by atoms with E-state index in [0.717, 1.165) is 15.6 Å². The number of nitrogens with zero attached hydrogens (tertiary/aromatic N) is 1. The summed E-state index contributed by atoms with van der Waals surface area (Å²) in [6.45, 7) is 1.80. The molecule has 0 bridgehead atoms. The van der Waals surface area contributed by atoms with Crippen molar-refractivity contribution in [1.29, 1.82) is 0 Å². The number of carbonyl (C=O) groups excluding carboxylic acids is 2. The first-order valence-corrected chi connectivity index (χ1v) is 8.82. The molecule has 0 fully saturated rings. The van der Waals surface area contributed by atoms with Gasteiger partial charge < -0.3 is 10.0 Å². The minimum atomic E-state index is -0.554. The van der Waals surface area contributed by atoms with E-state index < -0.39 is 17.7 Å². The highest BCUT2D eigenvalue weighted by Crippen LogP contribution is 2.38. The molecule has 1 amide bonds. The molecule has 1 atom stereocenters. The molecule has 0 aliphatic carbocycles. The second-order valence-electron chi connectivity index (χ2n) is 6.01. The van der Waals surface area contributed by atoms with E-state index in [1.807, 2.05) is 54.6 Å². The Morgan fingerprint density at radius 2 is 1.76 bits per heavy atom. The third kappa shape index (κ3) is 3.51. The highest BCUT2D eigenvalue weighted by atomic mass is 79.9. The van der Waals surface area contributed by atoms with Crippen LogP contribution in [-0.2, 0) is 16.0 Å². The predicted molar refractivity (Wildman–Crippen MR) is 99.1 cm³/mol. The van der Waals surface area contributed by atoms with E-state index in [-0.39, 0.29) is 11.4 Å². The molecule has 0 unspecified atom stereocenters. The number of aliphatic hydroxyl groups is 1. The normalized spacial score (nSPS) is 17.3. The molecule has 1 heterocycles. The van der Waals surface area contributed by atoms with Crippen molar-refractivity contribution in [3.8, 4) is 0 Å². The maximum Gasteiger partial charge on any atom is 0.290 e. The molecule has 0 spiro atoms. The number of hydrogen-bond donors (Lipinski definition) is 1. The third-order valence-corrected chi connectivity index (χ3v) is 4.88. The maximum atomic E-state index is 12.5. The lowest BCUT2D eigenvalue weighted by molar-refractivity contribution is -0.129. The fourth-order valence-electron chi connectivity index (χ4n) is 3.13. The Kier molecular flexibility index (Phi) is 5.04. The Morgan fingerprint density at radius 1 is 1.12 bits per heavy atom. The molecule has 128 valence electrons. The average molecular weight is 400 g/mol. The number of halogens is 1. The van der Waals surface area contributed by atoms with Crippen molar-refractivity contribution in [2.45, 2.75) is 19.4 Å². The van der Waals surface area contributed by atoms with Gasteiger partial charge in [0.15, 0.2) is 11.5 Å². The molecule has 0 saturated carbocycles. The van der Waals surface area contributed by atoms with E-state index >= 15 is 0 Å². The van der Waals surface area contributed by atoms with Gasteiger partial charge >= 0.3 is 0 Å². The zero-order valence-corrected chi connectivity index (χ0v) is 15.4. The summed E-state index contributed by atoms with van der Waals surface area (Å²) in [4.78, 5) is 26.2. The lowest BCUT2D eigenvalue weighted by atomic mass is 9.96. The summed E-state index contributed by atoms with van der Waals surface area (Å²) in [6.07, 6.45) is 0.651. The van der Waals surface area contributed by atoms with Crippen molar-refractivity contribution >= 4 is 27.6 Å². The van der Waals surface area contributed by atoms with E-state index in [9.17, 15) is 14.7 Å². The number of aliphatic hydroxyl groups excluding tert-OH is 1. The fourth-order valence-corrected chi connectivity index (χ4v) is 3.39. The van der Waals surface area contributed by atoms with Crippen molar-refractivity contribution in [3.63, 3.8) is 0 Å². The molecule has 0 radical (unpaired) electrons. The number of benzene rings is 2. The van der Waals surface area contributed by atoms with Crippen LogP contribution in [0.1, 0.15) is 24.1 Å². The first-order valence-electron chi connectivity index (χ1n) is 8.03. The summed E-state index contributed by atoms with van der Waals surface area (Å²) >= 11 is 3.39. The standard InChI is InChI=1S/C20H18BrNO3/c1-13(23)17-18(15-7-9-16(21)10-8-15)22(20(25)19(17)24)12-11-14-5-3-2-4-6-14/h2-10,18,24H,11-12H2,1H3/t18-/m0/s1. The van der Waals surface area contributed by atoms with Crippen LogP contribution in [0, 0.1) is 0 Å². The molecular formula is C20H18BrNO3. The highest BCUT2D eigenvalue weighted by Gasteiger charge is 2.41. The number of Topliss-reactive ketones (excluding diaryl/α,β-unsaturated/α-hetero) is 1. The van der Waals surface area contributed by atoms with Gasteiger partial charge in [-0.2, -0.15) is 0 Å². The van der Waals surface area contributed by atoms with Crippen LogP contribution in [0.15, 0.2) is 70.4 Å². The number of ketones is 1. The molecule has 0 aromatic heterocycles. The zero-order valence-electron chi connectivity index (χ0n) is 13.8. The van der Waals surface area contributed by atoms with E-state index in [4.69, 9.17) is 0 Å². The molecule has 2 aromatic rings. The Balaban J connectivity index is 1.93. The van der Waals surface area contributed by atoms with Gasteiger partial charge in [-0.15, -0.1) is 0 Å². The van der Waals surface area contributed by atoms with Crippen LogP contribution in [0.25, 0.3) is 0 Å². The molecule has 25 heavy (non-hydrogen) atoms. The van der Waals surface area contributed by atoms with Crippen LogP contribution in [0.3, 0.4) is 0 Å². The molecule has 4 nitrogen and oxygen atoms in total. The summed E-state index contributed by atoms with van der Waals surface area (Å²) in [7, 11) is 0. The summed E-state index contributed by atoms with van der Waals surface area (Å²) < 4.78 is 0.911. The minimum absolute atomic E-state index is 0.167. The van der Waals surface area contributed by atoms with Gasteiger partial charge in [-0.1, -0.05) is 58.4 Å². The van der Waals surface area contributed by atoms with Gasteiger partial charge in [0.1, 0.15) is 0 Å². The van der Waals surface area contributed by atoms with Gasteiger partial charge in [0, 0.05) is 11.0 Å². The quantitative estimate of drug-likeness (QED) is 0.826. The SMILES string of the molecule is CC(=O)C1=C(O)C(=O)N(CCc2ccccc2)[C@H]1c1ccc(Br)cc1. The first-order chi connectivity index (χ1) is 12.0. The van der Waals surface area contributed by atoms with E-state index in [0.29, 0.717) is 13.0 Å². The third-order valence-electron chi connectivity index (χ3n) is 4.35. The van der Waals surface area contributed by atoms with Gasteiger partial charge in [-0.25, -0.2) is 0 Å². The maximum absolute atomic E-state index is 12.5. The van der Waals surface area contributed by atoms with Crippen LogP contribution in [0.2, 0.25) is 0 Å². The molecule has 1 aliphatic heterocycles. The van der Waals surface area contributed by atoms with Crippen LogP contribution in [0.4, 0.5) is 0 Å². The second-order valence-corrected chi connectivity index (χ2v) is 6.92. The van der Waals surface area contributed by atoms with Crippen molar-refractivity contribution < 1.29 is 14.7 Å².